The summed E-state index contributed by atoms with van der Waals surface area (Å²) in [6, 6.07) is 18.9. The maximum atomic E-state index is 14.2. The van der Waals surface area contributed by atoms with Crippen molar-refractivity contribution in [1.29, 1.82) is 0 Å². The normalized spacial score (nSPS) is 11.3. The van der Waals surface area contributed by atoms with Crippen molar-refractivity contribution in [3.63, 3.8) is 0 Å². The summed E-state index contributed by atoms with van der Waals surface area (Å²) in [5, 5.41) is 24.8. The summed E-state index contributed by atoms with van der Waals surface area (Å²) in [5.74, 6) is 1.03. The summed E-state index contributed by atoms with van der Waals surface area (Å²) >= 11 is 0. The minimum Gasteiger partial charge on any atom is -0.457 e. The highest BCUT2D eigenvalue weighted by Gasteiger charge is 2.22. The van der Waals surface area contributed by atoms with Gasteiger partial charge in [0, 0.05) is 29.0 Å². The van der Waals surface area contributed by atoms with Crippen LogP contribution in [0.25, 0.3) is 16.6 Å². The number of carbonyl (C=O) groups is 1. The van der Waals surface area contributed by atoms with Gasteiger partial charge in [-0.25, -0.2) is 13.9 Å². The third-order valence-electron chi connectivity index (χ3n) is 6.68. The van der Waals surface area contributed by atoms with Gasteiger partial charge in [-0.05, 0) is 55.0 Å². The summed E-state index contributed by atoms with van der Waals surface area (Å²) in [6.45, 7) is 8.58. The Morgan fingerprint density at radius 1 is 1.07 bits per heavy atom. The molecule has 2 heterocycles. The van der Waals surface area contributed by atoms with Crippen molar-refractivity contribution < 1.29 is 19.0 Å². The van der Waals surface area contributed by atoms with Crippen molar-refractivity contribution in [3.8, 4) is 17.2 Å². The lowest BCUT2D eigenvalue weighted by Crippen LogP contribution is -2.29. The number of para-hydroxylation sites is 1. The van der Waals surface area contributed by atoms with E-state index in [9.17, 15) is 14.3 Å². The molecule has 0 unspecified atom stereocenters. The number of hydrogen-bond donors (Lipinski definition) is 3. The quantitative estimate of drug-likeness (QED) is 0.191. The lowest BCUT2D eigenvalue weighted by atomic mass is 9.92. The van der Waals surface area contributed by atoms with E-state index < -0.39 is 11.8 Å². The van der Waals surface area contributed by atoms with Crippen LogP contribution in [-0.2, 0) is 18.5 Å². The smallest absolute Gasteiger partial charge is 0.320 e. The zero-order chi connectivity index (χ0) is 29.1. The average Bonchev–Trinajstić information content (AvgIpc) is 3.53. The van der Waals surface area contributed by atoms with Gasteiger partial charge in [-0.1, -0.05) is 39.0 Å². The molecule has 9 nitrogen and oxygen atoms in total. The van der Waals surface area contributed by atoms with Gasteiger partial charge in [-0.2, -0.15) is 10.2 Å². The van der Waals surface area contributed by atoms with Crippen molar-refractivity contribution >= 4 is 35.2 Å². The molecule has 42 heavy (non-hydrogen) atoms. The van der Waals surface area contributed by atoms with E-state index in [2.05, 4.69) is 36.5 Å². The zero-order valence-corrected chi connectivity index (χ0v) is 24.7. The number of nitrogens with one attached hydrogen (secondary N) is 2. The van der Waals surface area contributed by atoms with E-state index in [1.54, 1.807) is 21.6 Å². The topological polar surface area (TPSA) is 106 Å². The number of fused-ring (bicyclic) bond motifs is 1. The van der Waals surface area contributed by atoms with Crippen LogP contribution in [0.4, 0.5) is 15.0 Å². The molecule has 220 valence electrons. The van der Waals surface area contributed by atoms with Gasteiger partial charge in [0.1, 0.15) is 23.1 Å². The Bertz CT molecular complexity index is 1710. The van der Waals surface area contributed by atoms with E-state index in [1.165, 1.54) is 18.2 Å². The lowest BCUT2D eigenvalue weighted by molar-refractivity contribution is 0.251. The van der Waals surface area contributed by atoms with Crippen LogP contribution in [0.15, 0.2) is 72.9 Å². The van der Waals surface area contributed by atoms with Crippen molar-refractivity contribution in [3.05, 3.63) is 95.6 Å². The molecule has 2 aromatic heterocycles. The molecule has 5 rings (SSSR count). The van der Waals surface area contributed by atoms with Crippen LogP contribution in [0, 0.1) is 12.7 Å². The van der Waals surface area contributed by atoms with Crippen molar-refractivity contribution in [2.75, 3.05) is 11.9 Å². The van der Waals surface area contributed by atoms with E-state index in [-0.39, 0.29) is 31.0 Å². The number of aliphatic hydroxyl groups is 1. The molecule has 0 saturated heterocycles. The number of aliphatic hydroxyl groups excluding tert-OH is 1. The molecular formula is C31H34ClFN6O3. The molecule has 0 aliphatic carbocycles. The number of urea groups is 1. The van der Waals surface area contributed by atoms with Crippen LogP contribution in [-0.4, -0.2) is 37.3 Å². The highest BCUT2D eigenvalue weighted by Crippen LogP contribution is 2.30. The minimum absolute atomic E-state index is 0. The van der Waals surface area contributed by atoms with Crippen LogP contribution in [0.1, 0.15) is 37.6 Å². The summed E-state index contributed by atoms with van der Waals surface area (Å²) in [5.41, 5.74) is 3.81. The van der Waals surface area contributed by atoms with E-state index in [4.69, 9.17) is 9.84 Å². The monoisotopic (exact) mass is 592 g/mol. The molecule has 0 radical (unpaired) electrons. The third-order valence-corrected chi connectivity index (χ3v) is 6.68. The molecule has 3 aromatic carbocycles. The number of amides is 2. The molecular weight excluding hydrogens is 559 g/mol. The lowest BCUT2D eigenvalue weighted by Gasteiger charge is -2.14. The molecule has 0 aliphatic rings. The van der Waals surface area contributed by atoms with E-state index >= 15 is 0 Å². The van der Waals surface area contributed by atoms with Gasteiger partial charge in [-0.15, -0.1) is 12.4 Å². The molecule has 11 heteroatoms. The number of ether oxygens (including phenoxy) is 1. The predicted octanol–water partition coefficient (Wildman–Crippen LogP) is 6.50. The first-order valence-electron chi connectivity index (χ1n) is 13.4. The number of anilines is 1. The van der Waals surface area contributed by atoms with E-state index in [0.29, 0.717) is 29.4 Å². The summed E-state index contributed by atoms with van der Waals surface area (Å²) in [7, 11) is 0. The van der Waals surface area contributed by atoms with Gasteiger partial charge in [0.2, 0.25) is 0 Å². The van der Waals surface area contributed by atoms with Crippen LogP contribution < -0.4 is 15.4 Å². The molecule has 0 saturated carbocycles. The second kappa shape index (κ2) is 12.6. The van der Waals surface area contributed by atoms with E-state index in [0.717, 1.165) is 27.8 Å². The molecule has 5 aromatic rings. The van der Waals surface area contributed by atoms with Gasteiger partial charge in [0.15, 0.2) is 0 Å². The first-order chi connectivity index (χ1) is 19.6. The molecule has 0 bridgehead atoms. The maximum absolute atomic E-state index is 14.2. The number of nitrogens with zero attached hydrogens (tertiary/aromatic N) is 4. The Balaban J connectivity index is 0.00000405. The van der Waals surface area contributed by atoms with Gasteiger partial charge >= 0.3 is 6.03 Å². The number of rotatable bonds is 8. The molecule has 2 amide bonds. The molecule has 0 spiro atoms. The molecule has 0 aliphatic heterocycles. The van der Waals surface area contributed by atoms with Gasteiger partial charge in [0.05, 0.1) is 36.2 Å². The first kappa shape index (κ1) is 30.5. The predicted molar refractivity (Wildman–Crippen MR) is 163 cm³/mol. The number of halogens is 2. The standard InChI is InChI=1S/C31H33FN6O3.ClH/c1-20-7-5-6-8-25(20)38-29(17-28(36-38)31(2,3)4)35-30(40)33-18-22-15-23(32)9-12-27(22)41-24-10-11-26-21(16-24)19-34-37(26)13-14-39;/h5-12,15-17,19,39H,13-14,18H2,1-4H3,(H2,33,35,40);1H. The van der Waals surface area contributed by atoms with Crippen LogP contribution >= 0.6 is 12.4 Å². The fraction of sp³-hybridized carbons (Fsp3) is 0.258. The highest BCUT2D eigenvalue weighted by molar-refractivity contribution is 5.89. The van der Waals surface area contributed by atoms with E-state index in [1.807, 2.05) is 49.4 Å². The van der Waals surface area contributed by atoms with Crippen LogP contribution in [0.5, 0.6) is 11.5 Å². The van der Waals surface area contributed by atoms with Gasteiger partial charge < -0.3 is 15.2 Å². The van der Waals surface area contributed by atoms with Gasteiger partial charge in [0.25, 0.3) is 0 Å². The van der Waals surface area contributed by atoms with Crippen LogP contribution in [0.3, 0.4) is 0 Å². The van der Waals surface area contributed by atoms with Gasteiger partial charge in [-0.3, -0.25) is 10.00 Å². The maximum Gasteiger partial charge on any atom is 0.320 e. The Labute approximate surface area is 249 Å². The Morgan fingerprint density at radius 3 is 2.60 bits per heavy atom. The number of aromatic nitrogens is 4. The van der Waals surface area contributed by atoms with Crippen LogP contribution in [0.2, 0.25) is 0 Å². The average molecular weight is 593 g/mol. The Morgan fingerprint density at radius 2 is 1.86 bits per heavy atom. The summed E-state index contributed by atoms with van der Waals surface area (Å²) in [6.07, 6.45) is 1.70. The molecule has 0 atom stereocenters. The summed E-state index contributed by atoms with van der Waals surface area (Å²) < 4.78 is 23.7. The number of aryl methyl sites for hydroxylation is 1. The fourth-order valence-electron chi connectivity index (χ4n) is 4.47. The van der Waals surface area contributed by atoms with Crippen molar-refractivity contribution in [2.24, 2.45) is 0 Å². The SMILES string of the molecule is Cc1ccccc1-n1nc(C(C)(C)C)cc1NC(=O)NCc1cc(F)ccc1Oc1ccc2c(cnn2CCO)c1.Cl. The highest BCUT2D eigenvalue weighted by atomic mass is 35.5. The minimum atomic E-state index is -0.465. The fourth-order valence-corrected chi connectivity index (χ4v) is 4.47. The second-order valence-corrected chi connectivity index (χ2v) is 10.8. The molecule has 3 N–H and O–H groups in total. The second-order valence-electron chi connectivity index (χ2n) is 10.8. The Kier molecular flexibility index (Phi) is 9.18. The number of benzene rings is 3. The van der Waals surface area contributed by atoms with Crippen molar-refractivity contribution in [2.45, 2.75) is 46.2 Å². The molecule has 0 fully saturated rings. The first-order valence-corrected chi connectivity index (χ1v) is 13.4. The Hall–Kier alpha value is -4.41. The zero-order valence-electron chi connectivity index (χ0n) is 23.9. The van der Waals surface area contributed by atoms with Crippen molar-refractivity contribution in [1.82, 2.24) is 24.9 Å². The number of carbonyl (C=O) groups excluding carboxylic acids is 1. The third kappa shape index (κ3) is 6.72. The summed E-state index contributed by atoms with van der Waals surface area (Å²) in [4.78, 5) is 13.0. The number of hydrogen-bond acceptors (Lipinski definition) is 5. The largest absolute Gasteiger partial charge is 0.457 e.